The molecule has 1 aromatic carbocycles. The van der Waals surface area contributed by atoms with Gasteiger partial charge >= 0.3 is 6.03 Å². The summed E-state index contributed by atoms with van der Waals surface area (Å²) in [7, 11) is 0. The van der Waals surface area contributed by atoms with Crippen LogP contribution in [0.15, 0.2) is 36.7 Å². The summed E-state index contributed by atoms with van der Waals surface area (Å²) in [6.45, 7) is 4.20. The van der Waals surface area contributed by atoms with E-state index in [4.69, 9.17) is 11.6 Å². The zero-order chi connectivity index (χ0) is 17.5. The molecule has 2 amide bonds. The van der Waals surface area contributed by atoms with E-state index in [0.29, 0.717) is 18.1 Å². The van der Waals surface area contributed by atoms with Gasteiger partial charge in [-0.2, -0.15) is 5.10 Å². The first-order valence-electron chi connectivity index (χ1n) is 8.74. The van der Waals surface area contributed by atoms with Crippen molar-refractivity contribution in [3.05, 3.63) is 47.2 Å². The topological polar surface area (TPSA) is 62.2 Å². The normalized spacial score (nSPS) is 15.1. The van der Waals surface area contributed by atoms with Gasteiger partial charge in [-0.15, -0.1) is 0 Å². The van der Waals surface area contributed by atoms with Gasteiger partial charge in [-0.1, -0.05) is 36.2 Å². The average Bonchev–Trinajstić information content (AvgIpc) is 3.03. The quantitative estimate of drug-likeness (QED) is 0.829. The number of likely N-dealkylation sites (tertiary alicyclic amines) is 1. The van der Waals surface area contributed by atoms with Crippen LogP contribution < -0.4 is 10.6 Å². The molecule has 1 aromatic heterocycles. The number of nitrogens with zero attached hydrogens (tertiary/aromatic N) is 3. The number of nitrogens with one attached hydrogen (secondary N) is 2. The van der Waals surface area contributed by atoms with E-state index in [9.17, 15) is 4.79 Å². The number of aromatic nitrogens is 2. The van der Waals surface area contributed by atoms with Crippen molar-refractivity contribution in [1.29, 1.82) is 0 Å². The van der Waals surface area contributed by atoms with E-state index in [-0.39, 0.29) is 6.03 Å². The van der Waals surface area contributed by atoms with Crippen LogP contribution in [0.3, 0.4) is 0 Å². The third-order valence-electron chi connectivity index (χ3n) is 4.34. The Hall–Kier alpha value is -2.05. The first-order valence-corrected chi connectivity index (χ1v) is 9.11. The van der Waals surface area contributed by atoms with E-state index in [1.807, 2.05) is 18.2 Å². The van der Waals surface area contributed by atoms with Gasteiger partial charge in [-0.05, 0) is 37.6 Å². The molecule has 0 unspecified atom stereocenters. The van der Waals surface area contributed by atoms with Crippen LogP contribution in [0, 0.1) is 0 Å². The largest absolute Gasteiger partial charge is 0.336 e. The first-order chi connectivity index (χ1) is 12.2. The molecule has 25 heavy (non-hydrogen) atoms. The molecule has 2 N–H and O–H groups in total. The van der Waals surface area contributed by atoms with Crippen molar-refractivity contribution in [2.45, 2.75) is 32.4 Å². The molecule has 1 aliphatic rings. The summed E-state index contributed by atoms with van der Waals surface area (Å²) >= 11 is 5.82. The van der Waals surface area contributed by atoms with Crippen molar-refractivity contribution in [2.24, 2.45) is 0 Å². The van der Waals surface area contributed by atoms with Crippen molar-refractivity contribution in [3.63, 3.8) is 0 Å². The lowest BCUT2D eigenvalue weighted by Gasteiger charge is -2.27. The molecule has 1 saturated heterocycles. The summed E-state index contributed by atoms with van der Waals surface area (Å²) in [4.78, 5) is 14.6. The number of benzene rings is 1. The minimum absolute atomic E-state index is 0.204. The molecule has 7 heteroatoms. The lowest BCUT2D eigenvalue weighted by molar-refractivity contribution is 0.221. The highest BCUT2D eigenvalue weighted by molar-refractivity contribution is 6.30. The standard InChI is InChI=1S/C18H24ClN5O/c19-16-12-21-24(14-16)11-8-20-18(25)22-17-7-3-2-6-15(17)13-23-9-4-1-5-10-23/h2-3,6-7,12,14H,1,4-5,8-11,13H2,(H2,20,22,25). The van der Waals surface area contributed by atoms with Gasteiger partial charge in [0.1, 0.15) is 0 Å². The van der Waals surface area contributed by atoms with Gasteiger partial charge in [-0.3, -0.25) is 9.58 Å². The average molecular weight is 362 g/mol. The molecule has 0 saturated carbocycles. The maximum atomic E-state index is 12.2. The number of anilines is 1. The number of amides is 2. The molecular formula is C18H24ClN5O. The van der Waals surface area contributed by atoms with Gasteiger partial charge in [0.2, 0.25) is 0 Å². The highest BCUT2D eigenvalue weighted by Crippen LogP contribution is 2.19. The molecule has 1 fully saturated rings. The van der Waals surface area contributed by atoms with Crippen LogP contribution in [-0.2, 0) is 13.1 Å². The molecule has 1 aliphatic heterocycles. The first kappa shape index (κ1) is 17.8. The Kier molecular flexibility index (Phi) is 6.30. The molecule has 0 radical (unpaired) electrons. The smallest absolute Gasteiger partial charge is 0.319 e. The second kappa shape index (κ2) is 8.87. The van der Waals surface area contributed by atoms with Crippen LogP contribution in [0.2, 0.25) is 5.02 Å². The van der Waals surface area contributed by atoms with Crippen LogP contribution in [0.25, 0.3) is 0 Å². The van der Waals surface area contributed by atoms with E-state index in [2.05, 4.69) is 26.7 Å². The number of piperidine rings is 1. The maximum Gasteiger partial charge on any atom is 0.319 e. The Balaban J connectivity index is 1.50. The Morgan fingerprint density at radius 1 is 1.20 bits per heavy atom. The summed E-state index contributed by atoms with van der Waals surface area (Å²) in [5.74, 6) is 0. The highest BCUT2D eigenvalue weighted by atomic mass is 35.5. The number of carbonyl (C=O) groups is 1. The Bertz CT molecular complexity index is 696. The molecule has 0 aliphatic carbocycles. The number of hydrogen-bond donors (Lipinski definition) is 2. The van der Waals surface area contributed by atoms with Crippen LogP contribution in [0.1, 0.15) is 24.8 Å². The van der Waals surface area contributed by atoms with Gasteiger partial charge in [0, 0.05) is 25.0 Å². The van der Waals surface area contributed by atoms with Crippen molar-refractivity contribution in [3.8, 4) is 0 Å². The number of carbonyl (C=O) groups excluding carboxylic acids is 1. The second-order valence-corrected chi connectivity index (χ2v) is 6.73. The molecule has 2 heterocycles. The number of halogens is 1. The fraction of sp³-hybridized carbons (Fsp3) is 0.444. The summed E-state index contributed by atoms with van der Waals surface area (Å²) < 4.78 is 1.70. The van der Waals surface area contributed by atoms with Gasteiger partial charge in [0.15, 0.2) is 0 Å². The molecule has 0 spiro atoms. The van der Waals surface area contributed by atoms with Crippen molar-refractivity contribution in [1.82, 2.24) is 20.0 Å². The fourth-order valence-electron chi connectivity index (χ4n) is 3.05. The van der Waals surface area contributed by atoms with E-state index in [1.54, 1.807) is 17.1 Å². The van der Waals surface area contributed by atoms with Crippen LogP contribution in [-0.4, -0.2) is 40.3 Å². The Labute approximate surface area is 153 Å². The lowest BCUT2D eigenvalue weighted by atomic mass is 10.1. The predicted molar refractivity (Wildman–Crippen MR) is 99.8 cm³/mol. The van der Waals surface area contributed by atoms with Crippen molar-refractivity contribution >= 4 is 23.3 Å². The SMILES string of the molecule is O=C(NCCn1cc(Cl)cn1)Nc1ccccc1CN1CCCCC1. The number of para-hydroxylation sites is 1. The van der Waals surface area contributed by atoms with Crippen molar-refractivity contribution in [2.75, 3.05) is 25.0 Å². The van der Waals surface area contributed by atoms with Crippen molar-refractivity contribution < 1.29 is 4.79 Å². The monoisotopic (exact) mass is 361 g/mol. The zero-order valence-electron chi connectivity index (χ0n) is 14.2. The van der Waals surface area contributed by atoms with Gasteiger partial charge in [0.05, 0.1) is 17.8 Å². The van der Waals surface area contributed by atoms with Gasteiger partial charge in [0.25, 0.3) is 0 Å². The van der Waals surface area contributed by atoms with E-state index < -0.39 is 0 Å². The summed E-state index contributed by atoms with van der Waals surface area (Å²) in [6.07, 6.45) is 7.15. The van der Waals surface area contributed by atoms with E-state index in [0.717, 1.165) is 30.9 Å². The summed E-state index contributed by atoms with van der Waals surface area (Å²) in [6, 6.07) is 7.79. The van der Waals surface area contributed by atoms with Gasteiger partial charge in [-0.25, -0.2) is 4.79 Å². The zero-order valence-corrected chi connectivity index (χ0v) is 15.0. The lowest BCUT2D eigenvalue weighted by Crippen LogP contribution is -2.33. The third kappa shape index (κ3) is 5.47. The second-order valence-electron chi connectivity index (χ2n) is 6.30. The van der Waals surface area contributed by atoms with Gasteiger partial charge < -0.3 is 10.6 Å². The molecule has 0 atom stereocenters. The van der Waals surface area contributed by atoms with E-state index >= 15 is 0 Å². The molecule has 3 rings (SSSR count). The molecule has 6 nitrogen and oxygen atoms in total. The minimum atomic E-state index is -0.204. The molecule has 0 bridgehead atoms. The minimum Gasteiger partial charge on any atom is -0.336 e. The molecular weight excluding hydrogens is 338 g/mol. The summed E-state index contributed by atoms with van der Waals surface area (Å²) in [5.41, 5.74) is 2.02. The fourth-order valence-corrected chi connectivity index (χ4v) is 3.21. The molecule has 134 valence electrons. The predicted octanol–water partition coefficient (Wildman–Crippen LogP) is 3.34. The van der Waals surface area contributed by atoms with Crippen LogP contribution in [0.4, 0.5) is 10.5 Å². The van der Waals surface area contributed by atoms with Crippen LogP contribution in [0.5, 0.6) is 0 Å². The third-order valence-corrected chi connectivity index (χ3v) is 4.53. The Morgan fingerprint density at radius 2 is 2.00 bits per heavy atom. The highest BCUT2D eigenvalue weighted by Gasteiger charge is 2.13. The number of hydrogen-bond acceptors (Lipinski definition) is 3. The maximum absolute atomic E-state index is 12.2. The van der Waals surface area contributed by atoms with E-state index in [1.165, 1.54) is 19.3 Å². The number of rotatable bonds is 6. The number of urea groups is 1. The summed E-state index contributed by atoms with van der Waals surface area (Å²) in [5, 5.41) is 10.5. The Morgan fingerprint density at radius 3 is 2.76 bits per heavy atom. The van der Waals surface area contributed by atoms with Crippen LogP contribution >= 0.6 is 11.6 Å². The molecule has 2 aromatic rings.